The lowest BCUT2D eigenvalue weighted by Crippen LogP contribution is -2.15. The molecule has 0 fully saturated rings. The standard InChI is InChI=1S/C21H26N6OS/c1-14-12-27(13-22-14)17-9-8-15(11-18(17)28-4)23-21-24-16-7-5-6-10-29-19(16)20(25-21)26(2)3/h8-9,11-13H,5-7,10H2,1-4H3,(H,23,24,25). The van der Waals surface area contributed by atoms with E-state index in [1.54, 1.807) is 13.4 Å². The summed E-state index contributed by atoms with van der Waals surface area (Å²) in [6.45, 7) is 1.97. The third kappa shape index (κ3) is 4.17. The third-order valence-corrected chi connectivity index (χ3v) is 6.02. The molecule has 1 N–H and O–H groups in total. The highest BCUT2D eigenvalue weighted by atomic mass is 32.2. The average molecular weight is 411 g/mol. The first-order valence-electron chi connectivity index (χ1n) is 9.72. The predicted octanol–water partition coefficient (Wildman–Crippen LogP) is 4.22. The molecule has 7 nitrogen and oxygen atoms in total. The summed E-state index contributed by atoms with van der Waals surface area (Å²) in [5.74, 6) is 3.46. The molecule has 29 heavy (non-hydrogen) atoms. The van der Waals surface area contributed by atoms with Gasteiger partial charge in [0.05, 0.1) is 35.4 Å². The fourth-order valence-electron chi connectivity index (χ4n) is 3.38. The number of fused-ring (bicyclic) bond motifs is 1. The van der Waals surface area contributed by atoms with E-state index >= 15 is 0 Å². The van der Waals surface area contributed by atoms with E-state index in [9.17, 15) is 0 Å². The maximum absolute atomic E-state index is 5.62. The molecule has 0 atom stereocenters. The van der Waals surface area contributed by atoms with Crippen LogP contribution < -0.4 is 15.0 Å². The number of anilines is 3. The van der Waals surface area contributed by atoms with E-state index in [1.807, 2.05) is 61.7 Å². The highest BCUT2D eigenvalue weighted by Crippen LogP contribution is 2.36. The fraction of sp³-hybridized carbons (Fsp3) is 0.381. The Labute approximate surface area is 175 Å². The van der Waals surface area contributed by atoms with Crippen LogP contribution in [0, 0.1) is 6.92 Å². The lowest BCUT2D eigenvalue weighted by atomic mass is 10.2. The van der Waals surface area contributed by atoms with Gasteiger partial charge in [0, 0.05) is 32.0 Å². The molecular formula is C21H26N6OS. The highest BCUT2D eigenvalue weighted by Gasteiger charge is 2.19. The minimum absolute atomic E-state index is 0.614. The van der Waals surface area contributed by atoms with Gasteiger partial charge in [0.2, 0.25) is 5.95 Å². The van der Waals surface area contributed by atoms with Crippen LogP contribution in [0.15, 0.2) is 35.6 Å². The largest absolute Gasteiger partial charge is 0.494 e. The molecule has 0 aliphatic carbocycles. The van der Waals surface area contributed by atoms with Gasteiger partial charge in [-0.05, 0) is 44.1 Å². The van der Waals surface area contributed by atoms with Crippen LogP contribution in [-0.4, -0.2) is 46.5 Å². The highest BCUT2D eigenvalue weighted by molar-refractivity contribution is 7.99. The second-order valence-electron chi connectivity index (χ2n) is 7.28. The van der Waals surface area contributed by atoms with Crippen molar-refractivity contribution in [2.75, 3.05) is 37.2 Å². The number of aryl methyl sites for hydroxylation is 2. The van der Waals surface area contributed by atoms with Gasteiger partial charge in [-0.25, -0.2) is 9.97 Å². The third-order valence-electron chi connectivity index (χ3n) is 4.82. The van der Waals surface area contributed by atoms with Crippen molar-refractivity contribution in [2.45, 2.75) is 31.1 Å². The summed E-state index contributed by atoms with van der Waals surface area (Å²) in [6.07, 6.45) is 7.13. The smallest absolute Gasteiger partial charge is 0.229 e. The molecule has 8 heteroatoms. The Balaban J connectivity index is 1.67. The Kier molecular flexibility index (Phi) is 5.62. The van der Waals surface area contributed by atoms with Gasteiger partial charge in [0.1, 0.15) is 11.6 Å². The van der Waals surface area contributed by atoms with E-state index in [0.717, 1.165) is 52.9 Å². The van der Waals surface area contributed by atoms with E-state index in [4.69, 9.17) is 14.7 Å². The molecule has 0 saturated carbocycles. The number of benzene rings is 1. The number of nitrogens with one attached hydrogen (secondary N) is 1. The van der Waals surface area contributed by atoms with Crippen molar-refractivity contribution in [3.05, 3.63) is 42.1 Å². The molecule has 152 valence electrons. The lowest BCUT2D eigenvalue weighted by molar-refractivity contribution is 0.413. The van der Waals surface area contributed by atoms with Crippen molar-refractivity contribution in [3.63, 3.8) is 0 Å². The molecule has 0 amide bonds. The second kappa shape index (κ2) is 8.32. The molecule has 0 radical (unpaired) electrons. The number of aromatic nitrogens is 4. The monoisotopic (exact) mass is 410 g/mol. The SMILES string of the molecule is COc1cc(Nc2nc3c(c(N(C)C)n2)SCCCC3)ccc1-n1cnc(C)c1. The molecule has 4 rings (SSSR count). The first-order chi connectivity index (χ1) is 14.0. The van der Waals surface area contributed by atoms with Gasteiger partial charge < -0.3 is 19.5 Å². The molecule has 0 saturated heterocycles. The van der Waals surface area contributed by atoms with E-state index < -0.39 is 0 Å². The quantitative estimate of drug-likeness (QED) is 0.675. The molecule has 0 bridgehead atoms. The summed E-state index contributed by atoms with van der Waals surface area (Å²) < 4.78 is 7.57. The molecule has 3 heterocycles. The van der Waals surface area contributed by atoms with Crippen LogP contribution in [0.3, 0.4) is 0 Å². The van der Waals surface area contributed by atoms with Crippen molar-refractivity contribution >= 4 is 29.2 Å². The van der Waals surface area contributed by atoms with Crippen LogP contribution in [0.5, 0.6) is 5.75 Å². The number of nitrogens with zero attached hydrogens (tertiary/aromatic N) is 5. The first-order valence-corrected chi connectivity index (χ1v) is 10.7. The van der Waals surface area contributed by atoms with Crippen molar-refractivity contribution < 1.29 is 4.74 Å². The zero-order valence-electron chi connectivity index (χ0n) is 17.3. The fourth-order valence-corrected chi connectivity index (χ4v) is 4.60. The van der Waals surface area contributed by atoms with Crippen LogP contribution in [0.4, 0.5) is 17.5 Å². The van der Waals surface area contributed by atoms with Gasteiger partial charge in [-0.15, -0.1) is 11.8 Å². The molecule has 0 spiro atoms. The topological polar surface area (TPSA) is 68.1 Å². The Morgan fingerprint density at radius 2 is 2.07 bits per heavy atom. The maximum atomic E-state index is 5.62. The number of hydrogen-bond acceptors (Lipinski definition) is 7. The zero-order chi connectivity index (χ0) is 20.4. The minimum Gasteiger partial charge on any atom is -0.494 e. The molecular weight excluding hydrogens is 384 g/mol. The summed E-state index contributed by atoms with van der Waals surface area (Å²) in [5, 5.41) is 3.37. The molecule has 1 aliphatic heterocycles. The van der Waals surface area contributed by atoms with Gasteiger partial charge in [0.15, 0.2) is 0 Å². The van der Waals surface area contributed by atoms with E-state index in [1.165, 1.54) is 11.3 Å². The van der Waals surface area contributed by atoms with E-state index in [2.05, 4.69) is 15.2 Å². The van der Waals surface area contributed by atoms with Crippen LogP contribution in [-0.2, 0) is 6.42 Å². The lowest BCUT2D eigenvalue weighted by Gasteiger charge is -2.19. The first kappa shape index (κ1) is 19.6. The van der Waals surface area contributed by atoms with Crippen LogP contribution >= 0.6 is 11.8 Å². The molecule has 3 aromatic rings. The van der Waals surface area contributed by atoms with Gasteiger partial charge in [-0.2, -0.15) is 4.98 Å². The van der Waals surface area contributed by atoms with Gasteiger partial charge in [-0.1, -0.05) is 0 Å². The number of imidazole rings is 1. The normalized spacial score (nSPS) is 13.5. The van der Waals surface area contributed by atoms with Crippen molar-refractivity contribution in [3.8, 4) is 11.4 Å². The van der Waals surface area contributed by atoms with Crippen molar-refractivity contribution in [1.82, 2.24) is 19.5 Å². The molecule has 2 aromatic heterocycles. The summed E-state index contributed by atoms with van der Waals surface area (Å²) >= 11 is 1.86. The average Bonchev–Trinajstić information content (AvgIpc) is 3.00. The van der Waals surface area contributed by atoms with E-state index in [0.29, 0.717) is 5.95 Å². The minimum atomic E-state index is 0.614. The van der Waals surface area contributed by atoms with Crippen LogP contribution in [0.2, 0.25) is 0 Å². The Morgan fingerprint density at radius 3 is 2.79 bits per heavy atom. The van der Waals surface area contributed by atoms with Crippen LogP contribution in [0.1, 0.15) is 24.2 Å². The van der Waals surface area contributed by atoms with Gasteiger partial charge in [-0.3, -0.25) is 0 Å². The van der Waals surface area contributed by atoms with Gasteiger partial charge in [0.25, 0.3) is 0 Å². The predicted molar refractivity (Wildman–Crippen MR) is 118 cm³/mol. The number of thioether (sulfide) groups is 1. The van der Waals surface area contributed by atoms with Crippen LogP contribution in [0.25, 0.3) is 5.69 Å². The second-order valence-corrected chi connectivity index (χ2v) is 8.39. The zero-order valence-corrected chi connectivity index (χ0v) is 18.1. The molecule has 0 unspecified atom stereocenters. The number of hydrogen-bond donors (Lipinski definition) is 1. The van der Waals surface area contributed by atoms with Gasteiger partial charge >= 0.3 is 0 Å². The van der Waals surface area contributed by atoms with Crippen molar-refractivity contribution in [2.24, 2.45) is 0 Å². The Hall–Kier alpha value is -2.74. The molecule has 1 aliphatic rings. The van der Waals surface area contributed by atoms with E-state index in [-0.39, 0.29) is 0 Å². The summed E-state index contributed by atoms with van der Waals surface area (Å²) in [6, 6.07) is 5.98. The summed E-state index contributed by atoms with van der Waals surface area (Å²) in [4.78, 5) is 17.2. The number of rotatable bonds is 5. The Bertz CT molecular complexity index is 1020. The number of ether oxygens (including phenoxy) is 1. The Morgan fingerprint density at radius 1 is 1.21 bits per heavy atom. The molecule has 1 aromatic carbocycles. The summed E-state index contributed by atoms with van der Waals surface area (Å²) in [5.41, 5.74) is 3.91. The summed E-state index contributed by atoms with van der Waals surface area (Å²) in [7, 11) is 5.73. The van der Waals surface area contributed by atoms with Crippen molar-refractivity contribution in [1.29, 1.82) is 0 Å². The number of methoxy groups -OCH3 is 1. The maximum Gasteiger partial charge on any atom is 0.229 e.